The van der Waals surface area contributed by atoms with E-state index in [9.17, 15) is 4.79 Å². The second-order valence-electron chi connectivity index (χ2n) is 3.77. The molecule has 0 aliphatic carbocycles. The Kier molecular flexibility index (Phi) is 5.28. The number of nitrogens with two attached hydrogens (primary N) is 1. The summed E-state index contributed by atoms with van der Waals surface area (Å²) in [6.07, 6.45) is 0. The number of methoxy groups -OCH3 is 1. The summed E-state index contributed by atoms with van der Waals surface area (Å²) in [5.74, 6) is 6.70. The van der Waals surface area contributed by atoms with Gasteiger partial charge < -0.3 is 20.4 Å². The Hall–Kier alpha value is -1.93. The van der Waals surface area contributed by atoms with Crippen molar-refractivity contribution in [2.24, 2.45) is 5.84 Å². The van der Waals surface area contributed by atoms with Crippen molar-refractivity contribution in [1.82, 2.24) is 14.9 Å². The third kappa shape index (κ3) is 4.15. The fourth-order valence-corrected chi connectivity index (χ4v) is 1.18. The van der Waals surface area contributed by atoms with Gasteiger partial charge in [-0.25, -0.2) is 15.8 Å². The summed E-state index contributed by atoms with van der Waals surface area (Å²) in [5, 5.41) is 2.91. The van der Waals surface area contributed by atoms with Gasteiger partial charge >= 0.3 is 0 Å². The van der Waals surface area contributed by atoms with Crippen molar-refractivity contribution < 1.29 is 9.53 Å². The maximum atomic E-state index is 11.4. The van der Waals surface area contributed by atoms with E-state index in [1.165, 1.54) is 4.90 Å². The van der Waals surface area contributed by atoms with Crippen LogP contribution in [-0.4, -0.2) is 48.5 Å². The molecule has 1 amide bonds. The minimum Gasteiger partial charge on any atom is -0.377 e. The predicted molar refractivity (Wildman–Crippen MR) is 67.7 cm³/mol. The molecule has 8 heteroatoms. The lowest BCUT2D eigenvalue weighted by molar-refractivity contribution is -0.126. The molecule has 0 aliphatic heterocycles. The van der Waals surface area contributed by atoms with E-state index < -0.39 is 0 Å². The van der Waals surface area contributed by atoms with Gasteiger partial charge in [0.25, 0.3) is 0 Å². The molecule has 4 N–H and O–H groups in total. The van der Waals surface area contributed by atoms with Crippen LogP contribution in [0.15, 0.2) is 6.07 Å². The lowest BCUT2D eigenvalue weighted by Gasteiger charge is -2.12. The molecule has 1 heterocycles. The van der Waals surface area contributed by atoms with E-state index in [2.05, 4.69) is 20.7 Å². The molecule has 0 fully saturated rings. The molecule has 0 aromatic carbocycles. The summed E-state index contributed by atoms with van der Waals surface area (Å²) in [5.41, 5.74) is 2.43. The standard InChI is InChI=1S/C10H18N6O2/c1-16(2)10(17)5-12-7-4-8(15-11)14-9(13-7)6-18-3/h4H,5-6,11H2,1-3H3,(H2,12,13,14,15). The van der Waals surface area contributed by atoms with Gasteiger partial charge in [-0.15, -0.1) is 0 Å². The Morgan fingerprint density at radius 3 is 2.67 bits per heavy atom. The number of amides is 1. The monoisotopic (exact) mass is 254 g/mol. The molecular formula is C10H18N6O2. The number of aromatic nitrogens is 2. The Labute approximate surface area is 106 Å². The van der Waals surface area contributed by atoms with E-state index in [0.717, 1.165) is 0 Å². The summed E-state index contributed by atoms with van der Waals surface area (Å²) in [7, 11) is 4.93. The third-order valence-electron chi connectivity index (χ3n) is 2.11. The summed E-state index contributed by atoms with van der Waals surface area (Å²) in [4.78, 5) is 21.2. The lowest BCUT2D eigenvalue weighted by atomic mass is 10.4. The van der Waals surface area contributed by atoms with Crippen LogP contribution in [0.2, 0.25) is 0 Å². The molecule has 0 bridgehead atoms. The van der Waals surface area contributed by atoms with Gasteiger partial charge in [0, 0.05) is 27.3 Å². The zero-order valence-corrected chi connectivity index (χ0v) is 10.7. The quantitative estimate of drug-likeness (QED) is 0.460. The molecule has 0 atom stereocenters. The van der Waals surface area contributed by atoms with E-state index in [0.29, 0.717) is 17.5 Å². The molecule has 0 unspecified atom stereocenters. The van der Waals surface area contributed by atoms with Crippen molar-refractivity contribution in [1.29, 1.82) is 0 Å². The largest absolute Gasteiger partial charge is 0.377 e. The third-order valence-corrected chi connectivity index (χ3v) is 2.11. The number of hydrogen-bond donors (Lipinski definition) is 3. The first kappa shape index (κ1) is 14.1. The normalized spacial score (nSPS) is 10.0. The van der Waals surface area contributed by atoms with Crippen molar-refractivity contribution >= 4 is 17.5 Å². The molecule has 0 saturated carbocycles. The van der Waals surface area contributed by atoms with E-state index >= 15 is 0 Å². The molecule has 100 valence electrons. The van der Waals surface area contributed by atoms with Crippen LogP contribution in [-0.2, 0) is 16.1 Å². The smallest absolute Gasteiger partial charge is 0.241 e. The van der Waals surface area contributed by atoms with Crippen LogP contribution in [0.4, 0.5) is 11.6 Å². The number of nitrogen functional groups attached to an aromatic ring is 1. The number of rotatable bonds is 6. The number of nitrogens with one attached hydrogen (secondary N) is 2. The van der Waals surface area contributed by atoms with Crippen LogP contribution in [0.25, 0.3) is 0 Å². The highest BCUT2D eigenvalue weighted by atomic mass is 16.5. The Balaban J connectivity index is 2.75. The highest BCUT2D eigenvalue weighted by molar-refractivity contribution is 5.80. The highest BCUT2D eigenvalue weighted by Crippen LogP contribution is 2.10. The first-order chi connectivity index (χ1) is 8.56. The average Bonchev–Trinajstić information content (AvgIpc) is 2.35. The summed E-state index contributed by atoms with van der Waals surface area (Å²) >= 11 is 0. The number of anilines is 2. The number of likely N-dealkylation sites (N-methyl/N-ethyl adjacent to an activating group) is 1. The van der Waals surface area contributed by atoms with E-state index in [1.54, 1.807) is 27.3 Å². The molecule has 1 aromatic rings. The Bertz CT molecular complexity index is 409. The van der Waals surface area contributed by atoms with Gasteiger partial charge in [-0.05, 0) is 0 Å². The molecule has 0 saturated heterocycles. The summed E-state index contributed by atoms with van der Waals surface area (Å²) < 4.78 is 4.95. The van der Waals surface area contributed by atoms with Gasteiger partial charge in [0.1, 0.15) is 18.2 Å². The minimum absolute atomic E-state index is 0.0517. The van der Waals surface area contributed by atoms with Crippen LogP contribution >= 0.6 is 0 Å². The summed E-state index contributed by atoms with van der Waals surface area (Å²) in [6, 6.07) is 1.61. The molecule has 8 nitrogen and oxygen atoms in total. The van der Waals surface area contributed by atoms with Gasteiger partial charge in [-0.2, -0.15) is 0 Å². The van der Waals surface area contributed by atoms with E-state index in [4.69, 9.17) is 10.6 Å². The second-order valence-corrected chi connectivity index (χ2v) is 3.77. The fourth-order valence-electron chi connectivity index (χ4n) is 1.18. The van der Waals surface area contributed by atoms with Crippen molar-refractivity contribution in [3.63, 3.8) is 0 Å². The predicted octanol–water partition coefficient (Wildman–Crippen LogP) is -0.591. The first-order valence-electron chi connectivity index (χ1n) is 5.34. The van der Waals surface area contributed by atoms with Crippen molar-refractivity contribution in [2.75, 3.05) is 38.5 Å². The van der Waals surface area contributed by atoms with Crippen LogP contribution in [0, 0.1) is 0 Å². The number of nitrogens with zero attached hydrogens (tertiary/aromatic N) is 3. The van der Waals surface area contributed by atoms with Gasteiger partial charge in [-0.3, -0.25) is 4.79 Å². The zero-order valence-electron chi connectivity index (χ0n) is 10.7. The average molecular weight is 254 g/mol. The molecule has 0 aliphatic rings. The van der Waals surface area contributed by atoms with E-state index in [1.807, 2.05) is 0 Å². The van der Waals surface area contributed by atoms with Crippen molar-refractivity contribution in [3.8, 4) is 0 Å². The summed E-state index contributed by atoms with van der Waals surface area (Å²) in [6.45, 7) is 0.423. The second kappa shape index (κ2) is 6.72. The van der Waals surface area contributed by atoms with Crippen LogP contribution < -0.4 is 16.6 Å². The maximum Gasteiger partial charge on any atom is 0.241 e. The number of carbonyl (C=O) groups is 1. The molecule has 0 spiro atoms. The fraction of sp³-hybridized carbons (Fsp3) is 0.500. The van der Waals surface area contributed by atoms with Crippen LogP contribution in [0.3, 0.4) is 0 Å². The molecule has 1 rings (SSSR count). The van der Waals surface area contributed by atoms with Gasteiger partial charge in [0.05, 0.1) is 6.54 Å². The van der Waals surface area contributed by atoms with Crippen molar-refractivity contribution in [2.45, 2.75) is 6.61 Å². The number of carbonyl (C=O) groups excluding carboxylic acids is 1. The maximum absolute atomic E-state index is 11.4. The number of ether oxygens (including phenoxy) is 1. The molecular weight excluding hydrogens is 236 g/mol. The minimum atomic E-state index is -0.0517. The topological polar surface area (TPSA) is 105 Å². The molecule has 0 radical (unpaired) electrons. The first-order valence-corrected chi connectivity index (χ1v) is 5.34. The lowest BCUT2D eigenvalue weighted by Crippen LogP contribution is -2.29. The highest BCUT2D eigenvalue weighted by Gasteiger charge is 2.07. The van der Waals surface area contributed by atoms with Gasteiger partial charge in [0.15, 0.2) is 5.82 Å². The Morgan fingerprint density at radius 2 is 2.11 bits per heavy atom. The SMILES string of the molecule is COCc1nc(NN)cc(NCC(=O)N(C)C)n1. The van der Waals surface area contributed by atoms with Gasteiger partial charge in [-0.1, -0.05) is 0 Å². The zero-order chi connectivity index (χ0) is 13.5. The number of hydrazine groups is 1. The number of hydrogen-bond acceptors (Lipinski definition) is 7. The van der Waals surface area contributed by atoms with E-state index in [-0.39, 0.29) is 19.1 Å². The van der Waals surface area contributed by atoms with Crippen molar-refractivity contribution in [3.05, 3.63) is 11.9 Å². The van der Waals surface area contributed by atoms with Crippen LogP contribution in [0.1, 0.15) is 5.82 Å². The van der Waals surface area contributed by atoms with Gasteiger partial charge in [0.2, 0.25) is 5.91 Å². The molecule has 18 heavy (non-hydrogen) atoms. The Morgan fingerprint density at radius 1 is 1.44 bits per heavy atom. The van der Waals surface area contributed by atoms with Crippen LogP contribution in [0.5, 0.6) is 0 Å². The molecule has 1 aromatic heterocycles.